The first-order valence-corrected chi connectivity index (χ1v) is 15.1. The number of amides is 1. The van der Waals surface area contributed by atoms with Gasteiger partial charge in [-0.25, -0.2) is 13.2 Å². The summed E-state index contributed by atoms with van der Waals surface area (Å²) in [5.41, 5.74) is 2.29. The Morgan fingerprint density at radius 1 is 0.939 bits per heavy atom. The number of rotatable bonds is 5. The first kappa shape index (κ1) is 28.0. The molecule has 188 valence electrons. The molecule has 2 fully saturated rings. The average Bonchev–Trinajstić information content (AvgIpc) is 2.77. The van der Waals surface area contributed by atoms with E-state index in [1.54, 1.807) is 0 Å². The van der Waals surface area contributed by atoms with Gasteiger partial charge in [0, 0.05) is 34.6 Å². The summed E-state index contributed by atoms with van der Waals surface area (Å²) in [5.74, 6) is 0.739. The number of aryl methyl sites for hydroxylation is 2. The van der Waals surface area contributed by atoms with Gasteiger partial charge < -0.3 is 14.2 Å². The van der Waals surface area contributed by atoms with Crippen LogP contribution in [0, 0.1) is 13.8 Å². The molecule has 0 aliphatic heterocycles. The quantitative estimate of drug-likeness (QED) is 0.316. The Kier molecular flexibility index (Phi) is 11.0. The zero-order chi connectivity index (χ0) is 24.6. The second-order valence-corrected chi connectivity index (χ2v) is 12.4. The van der Waals surface area contributed by atoms with Crippen LogP contribution in [0.5, 0.6) is 5.75 Å². The van der Waals surface area contributed by atoms with E-state index in [0.717, 1.165) is 44.1 Å². The third-order valence-corrected chi connectivity index (χ3v) is 8.19. The Labute approximate surface area is 202 Å². The summed E-state index contributed by atoms with van der Waals surface area (Å²) in [6, 6.07) is 5.00. The molecule has 0 N–H and O–H groups in total. The minimum Gasteiger partial charge on any atom is -0.726 e. The summed E-state index contributed by atoms with van der Waals surface area (Å²) in [7, 11) is -3.39. The van der Waals surface area contributed by atoms with Crippen LogP contribution in [0.3, 0.4) is 0 Å². The van der Waals surface area contributed by atoms with Gasteiger partial charge in [-0.05, 0) is 51.2 Å². The first-order valence-electron chi connectivity index (χ1n) is 11.7. The molecular weight excluding hydrogens is 462 g/mol. The van der Waals surface area contributed by atoms with E-state index in [4.69, 9.17) is 4.74 Å². The van der Waals surface area contributed by atoms with Crippen LogP contribution in [0.15, 0.2) is 17.0 Å². The van der Waals surface area contributed by atoms with Crippen LogP contribution < -0.4 is 4.74 Å². The molecule has 33 heavy (non-hydrogen) atoms. The van der Waals surface area contributed by atoms with Gasteiger partial charge >= 0.3 is 6.09 Å². The summed E-state index contributed by atoms with van der Waals surface area (Å²) in [5, 5.41) is 0. The van der Waals surface area contributed by atoms with Crippen LogP contribution in [0.1, 0.15) is 75.3 Å². The van der Waals surface area contributed by atoms with E-state index in [0.29, 0.717) is 12.1 Å². The van der Waals surface area contributed by atoms with Crippen molar-refractivity contribution in [3.63, 3.8) is 0 Å². The molecule has 2 aliphatic rings. The van der Waals surface area contributed by atoms with E-state index in [9.17, 15) is 17.8 Å². The fourth-order valence-corrected chi connectivity index (χ4v) is 5.89. The molecule has 1 amide bonds. The lowest BCUT2D eigenvalue weighted by molar-refractivity contribution is 0.0754. The van der Waals surface area contributed by atoms with Gasteiger partial charge in [0.05, 0.1) is 7.11 Å². The van der Waals surface area contributed by atoms with Crippen molar-refractivity contribution in [2.45, 2.75) is 95.0 Å². The van der Waals surface area contributed by atoms with Crippen molar-refractivity contribution in [2.24, 2.45) is 0 Å². The molecule has 2 aliphatic carbocycles. The highest BCUT2D eigenvalue weighted by molar-refractivity contribution is 7.95. The number of carbonyl (C=O) groups excluding carboxylic acids is 1. The zero-order valence-corrected chi connectivity index (χ0v) is 22.2. The van der Waals surface area contributed by atoms with Crippen molar-refractivity contribution in [3.8, 4) is 5.75 Å². The van der Waals surface area contributed by atoms with Crippen LogP contribution >= 0.6 is 0 Å². The lowest BCUT2D eigenvalue weighted by atomic mass is 9.89. The molecule has 0 spiro atoms. The number of benzene rings is 1. The summed E-state index contributed by atoms with van der Waals surface area (Å²) < 4.78 is 37.0. The molecule has 0 saturated heterocycles. The van der Waals surface area contributed by atoms with Gasteiger partial charge in [-0.2, -0.15) is 0 Å². The molecule has 0 aromatic heterocycles. The van der Waals surface area contributed by atoms with Gasteiger partial charge in [-0.1, -0.05) is 38.5 Å². The molecule has 0 heterocycles. The Morgan fingerprint density at radius 3 is 1.79 bits per heavy atom. The largest absolute Gasteiger partial charge is 0.726 e. The lowest BCUT2D eigenvalue weighted by Crippen LogP contribution is -2.50. The molecule has 0 radical (unpaired) electrons. The Balaban J connectivity index is 0.000000569. The van der Waals surface area contributed by atoms with Crippen LogP contribution in [0.4, 0.5) is 4.79 Å². The standard InChI is InChI=1S/C23H36NO2S.CH4O4S/c1-17-16-22(27(3)4)18(2)15-21(17)26-23(25)24(19-11-7-5-8-12-19)20-13-9-6-10-14-20;1-5-6(2,3)4/h15-16,19-20H,5-14H2,1-4H3;1H3,(H,2,3,4)/q+1;/p-1. The number of hydrogen-bond acceptors (Lipinski definition) is 6. The number of hydrogen-bond donors (Lipinski definition) is 0. The maximum absolute atomic E-state index is 13.3. The first-order chi connectivity index (χ1) is 15.5. The smallest absolute Gasteiger partial charge is 0.415 e. The third kappa shape index (κ3) is 8.77. The molecule has 1 aromatic rings. The Morgan fingerprint density at radius 2 is 1.39 bits per heavy atom. The second kappa shape index (κ2) is 13.0. The van der Waals surface area contributed by atoms with Crippen molar-refractivity contribution in [1.29, 1.82) is 0 Å². The fourth-order valence-electron chi connectivity index (χ4n) is 4.77. The van der Waals surface area contributed by atoms with Gasteiger partial charge in [-0.15, -0.1) is 0 Å². The molecule has 1 aromatic carbocycles. The Hall–Kier alpha value is -1.29. The maximum atomic E-state index is 13.3. The monoisotopic (exact) mass is 501 g/mol. The fraction of sp³-hybridized carbons (Fsp3) is 0.708. The van der Waals surface area contributed by atoms with E-state index < -0.39 is 10.4 Å². The van der Waals surface area contributed by atoms with Gasteiger partial charge in [-0.3, -0.25) is 4.18 Å². The minimum absolute atomic E-state index is 0.115. The zero-order valence-electron chi connectivity index (χ0n) is 20.6. The van der Waals surface area contributed by atoms with Gasteiger partial charge in [0.2, 0.25) is 10.4 Å². The predicted molar refractivity (Wildman–Crippen MR) is 132 cm³/mol. The molecule has 0 bridgehead atoms. The van der Waals surface area contributed by atoms with Crippen molar-refractivity contribution in [3.05, 3.63) is 23.3 Å². The summed E-state index contributed by atoms with van der Waals surface area (Å²) in [6.45, 7) is 4.18. The lowest BCUT2D eigenvalue weighted by Gasteiger charge is -2.40. The SMILES string of the molecule is COS(=O)(=O)[O-].Cc1cc([S+](C)C)c(C)cc1OC(=O)N(C1CCCCC1)C1CCCCC1. The number of carbonyl (C=O) groups is 1. The summed E-state index contributed by atoms with van der Waals surface area (Å²) >= 11 is 0. The molecule has 7 nitrogen and oxygen atoms in total. The van der Waals surface area contributed by atoms with E-state index in [2.05, 4.69) is 47.6 Å². The molecule has 3 rings (SSSR count). The van der Waals surface area contributed by atoms with Gasteiger partial charge in [0.15, 0.2) is 4.90 Å². The van der Waals surface area contributed by atoms with E-state index in [1.807, 2.05) is 0 Å². The van der Waals surface area contributed by atoms with Crippen molar-refractivity contribution in [2.75, 3.05) is 19.6 Å². The van der Waals surface area contributed by atoms with E-state index >= 15 is 0 Å². The van der Waals surface area contributed by atoms with E-state index in [1.165, 1.54) is 49.0 Å². The van der Waals surface area contributed by atoms with E-state index in [-0.39, 0.29) is 17.0 Å². The molecule has 0 unspecified atom stereocenters. The van der Waals surface area contributed by atoms with Crippen molar-refractivity contribution < 1.29 is 26.7 Å². The predicted octanol–water partition coefficient (Wildman–Crippen LogP) is 5.10. The maximum Gasteiger partial charge on any atom is 0.415 e. The van der Waals surface area contributed by atoms with Crippen LogP contribution in [0.2, 0.25) is 0 Å². The summed E-state index contributed by atoms with van der Waals surface area (Å²) in [4.78, 5) is 16.8. The summed E-state index contributed by atoms with van der Waals surface area (Å²) in [6.07, 6.45) is 16.5. The topological polar surface area (TPSA) is 96.0 Å². The normalized spacial score (nSPS) is 17.9. The minimum atomic E-state index is -4.41. The second-order valence-electron chi connectivity index (χ2n) is 9.13. The third-order valence-electron chi connectivity index (χ3n) is 6.46. The number of ether oxygens (including phenoxy) is 1. The average molecular weight is 502 g/mol. The van der Waals surface area contributed by atoms with Crippen LogP contribution in [-0.4, -0.2) is 55.7 Å². The van der Waals surface area contributed by atoms with Gasteiger partial charge in [0.1, 0.15) is 18.3 Å². The highest BCUT2D eigenvalue weighted by atomic mass is 32.3. The highest BCUT2D eigenvalue weighted by Gasteiger charge is 2.34. The van der Waals surface area contributed by atoms with Crippen molar-refractivity contribution in [1.82, 2.24) is 4.90 Å². The molecule has 9 heteroatoms. The van der Waals surface area contributed by atoms with Crippen LogP contribution in [-0.2, 0) is 25.5 Å². The number of nitrogens with zero attached hydrogens (tertiary/aromatic N) is 1. The van der Waals surface area contributed by atoms with Crippen LogP contribution in [0.25, 0.3) is 0 Å². The highest BCUT2D eigenvalue weighted by Crippen LogP contribution is 2.32. The molecule has 0 atom stereocenters. The Bertz CT molecular complexity index is 857. The molecular formula is C24H39NO6S2. The molecule has 2 saturated carbocycles. The van der Waals surface area contributed by atoms with Gasteiger partial charge in [0.25, 0.3) is 0 Å². The van der Waals surface area contributed by atoms with Crippen molar-refractivity contribution >= 4 is 27.4 Å².